The Hall–Kier alpha value is -5.86. The van der Waals surface area contributed by atoms with Crippen molar-refractivity contribution in [1.82, 2.24) is 0 Å². The van der Waals surface area contributed by atoms with Crippen molar-refractivity contribution >= 4 is 33.3 Å². The van der Waals surface area contributed by atoms with Crippen LogP contribution in [0.2, 0.25) is 0 Å². The largest absolute Gasteiger partial charge is 0.456 e. The third kappa shape index (κ3) is 4.36. The van der Waals surface area contributed by atoms with Gasteiger partial charge in [0.2, 0.25) is 0 Å². The molecule has 3 aliphatic carbocycles. The average molecular weight is 656 g/mol. The molecular formula is C49H37NO. The summed E-state index contributed by atoms with van der Waals surface area (Å²) in [6.07, 6.45) is 5.35. The predicted octanol–water partition coefficient (Wildman–Crippen LogP) is 13.4. The van der Waals surface area contributed by atoms with Gasteiger partial charge in [-0.1, -0.05) is 128 Å². The van der Waals surface area contributed by atoms with Gasteiger partial charge >= 0.3 is 0 Å². The van der Waals surface area contributed by atoms with Crippen molar-refractivity contribution in [2.75, 3.05) is 5.32 Å². The number of hydrogen-bond donors (Lipinski definition) is 1. The van der Waals surface area contributed by atoms with Crippen molar-refractivity contribution in [2.24, 2.45) is 11.8 Å². The lowest BCUT2D eigenvalue weighted by atomic mass is 9.66. The molecule has 0 amide bonds. The number of para-hydroxylation sites is 1. The second-order valence-electron chi connectivity index (χ2n) is 15.0. The van der Waals surface area contributed by atoms with E-state index in [1.54, 1.807) is 5.56 Å². The van der Waals surface area contributed by atoms with Crippen LogP contribution in [0.5, 0.6) is 0 Å². The molecule has 1 spiro atoms. The van der Waals surface area contributed by atoms with E-state index in [2.05, 4.69) is 163 Å². The second-order valence-corrected chi connectivity index (χ2v) is 15.0. The van der Waals surface area contributed by atoms with Gasteiger partial charge in [-0.05, 0) is 106 Å². The third-order valence-electron chi connectivity index (χ3n) is 12.4. The first-order valence-electron chi connectivity index (χ1n) is 18.4. The van der Waals surface area contributed by atoms with Crippen LogP contribution in [0.1, 0.15) is 36.8 Å². The minimum absolute atomic E-state index is 0.124. The van der Waals surface area contributed by atoms with Gasteiger partial charge in [0.15, 0.2) is 0 Å². The van der Waals surface area contributed by atoms with E-state index in [-0.39, 0.29) is 5.41 Å². The number of furan rings is 1. The van der Waals surface area contributed by atoms with Gasteiger partial charge in [-0.25, -0.2) is 0 Å². The molecular weight excluding hydrogens is 619 g/mol. The van der Waals surface area contributed by atoms with Gasteiger partial charge in [0.05, 0.1) is 5.69 Å². The van der Waals surface area contributed by atoms with E-state index in [0.717, 1.165) is 50.7 Å². The highest BCUT2D eigenvalue weighted by atomic mass is 16.3. The summed E-state index contributed by atoms with van der Waals surface area (Å²) < 4.78 is 6.50. The first-order chi connectivity index (χ1) is 25.2. The molecule has 0 radical (unpaired) electrons. The van der Waals surface area contributed by atoms with Crippen LogP contribution < -0.4 is 5.32 Å². The van der Waals surface area contributed by atoms with Crippen molar-refractivity contribution in [3.05, 3.63) is 169 Å². The normalized spacial score (nSPS) is 19.9. The van der Waals surface area contributed by atoms with Gasteiger partial charge in [0.25, 0.3) is 0 Å². The van der Waals surface area contributed by atoms with E-state index in [1.165, 1.54) is 70.2 Å². The van der Waals surface area contributed by atoms with E-state index < -0.39 is 0 Å². The van der Waals surface area contributed by atoms with Crippen LogP contribution in [0.15, 0.2) is 162 Å². The number of hydrogen-bond acceptors (Lipinski definition) is 2. The Morgan fingerprint density at radius 2 is 1.20 bits per heavy atom. The standard InChI is InChI=1S/C49H37NO/c1-3-11-32(12-4-1)34-21-24-45(40(26-34)33-13-5-2-6-14-33)50-46-29-48-42(39-16-8-10-18-47(39)51-48)28-41(46)35-20-23-38-37-15-7-9-17-43(37)49(44(38)27-35)30-31-19-22-36(49)25-31/h1-18,20-21,23-24,26-29,31,36,50H,19,22,25,30H2. The summed E-state index contributed by atoms with van der Waals surface area (Å²) in [5, 5.41) is 6.26. The summed E-state index contributed by atoms with van der Waals surface area (Å²) in [6.45, 7) is 0. The first-order valence-corrected chi connectivity index (χ1v) is 18.4. The van der Waals surface area contributed by atoms with Crippen LogP contribution in [0.25, 0.3) is 66.4 Å². The molecule has 11 rings (SSSR count). The number of rotatable bonds is 5. The lowest BCUT2D eigenvalue weighted by Gasteiger charge is -2.36. The van der Waals surface area contributed by atoms with Gasteiger partial charge in [0, 0.05) is 39.1 Å². The quantitative estimate of drug-likeness (QED) is 0.200. The van der Waals surface area contributed by atoms with Crippen molar-refractivity contribution in [3.63, 3.8) is 0 Å². The third-order valence-corrected chi connectivity index (χ3v) is 12.4. The Bertz CT molecular complexity index is 2630. The molecule has 2 fully saturated rings. The molecule has 2 heteroatoms. The fraction of sp³-hybridized carbons (Fsp3) is 0.143. The summed E-state index contributed by atoms with van der Waals surface area (Å²) in [7, 11) is 0. The minimum atomic E-state index is 0.124. The maximum absolute atomic E-state index is 6.50. The summed E-state index contributed by atoms with van der Waals surface area (Å²) in [5.74, 6) is 1.55. The maximum atomic E-state index is 6.50. The Morgan fingerprint density at radius 3 is 2.02 bits per heavy atom. The molecule has 2 nitrogen and oxygen atoms in total. The topological polar surface area (TPSA) is 25.2 Å². The van der Waals surface area contributed by atoms with Crippen molar-refractivity contribution in [2.45, 2.75) is 31.1 Å². The molecule has 3 aliphatic rings. The van der Waals surface area contributed by atoms with Gasteiger partial charge < -0.3 is 9.73 Å². The van der Waals surface area contributed by atoms with Crippen LogP contribution >= 0.6 is 0 Å². The van der Waals surface area contributed by atoms with E-state index >= 15 is 0 Å². The lowest BCUT2D eigenvalue weighted by molar-refractivity contribution is 0.327. The van der Waals surface area contributed by atoms with Crippen LogP contribution in [0.3, 0.4) is 0 Å². The Balaban J connectivity index is 1.11. The van der Waals surface area contributed by atoms with E-state index in [0.29, 0.717) is 0 Å². The molecule has 3 unspecified atom stereocenters. The SMILES string of the molecule is c1ccc(-c2ccc(Nc3cc4oc5ccccc5c4cc3-c3ccc4c(c3)C3(CC5CCC3C5)c3ccccc3-4)c(-c3ccccc3)c2)cc1. The highest BCUT2D eigenvalue weighted by molar-refractivity contribution is 6.09. The smallest absolute Gasteiger partial charge is 0.137 e. The monoisotopic (exact) mass is 655 g/mol. The summed E-state index contributed by atoms with van der Waals surface area (Å²) in [4.78, 5) is 0. The molecule has 3 atom stereocenters. The van der Waals surface area contributed by atoms with E-state index in [9.17, 15) is 0 Å². The van der Waals surface area contributed by atoms with E-state index in [1.807, 2.05) is 0 Å². The zero-order valence-corrected chi connectivity index (χ0v) is 28.4. The second kappa shape index (κ2) is 11.1. The zero-order chi connectivity index (χ0) is 33.5. The lowest BCUT2D eigenvalue weighted by Crippen LogP contribution is -2.31. The first kappa shape index (κ1) is 28.9. The molecule has 2 bridgehead atoms. The van der Waals surface area contributed by atoms with Crippen LogP contribution in [0.4, 0.5) is 11.4 Å². The van der Waals surface area contributed by atoms with Crippen LogP contribution in [0, 0.1) is 11.8 Å². The van der Waals surface area contributed by atoms with Crippen molar-refractivity contribution < 1.29 is 4.42 Å². The van der Waals surface area contributed by atoms with E-state index in [4.69, 9.17) is 4.42 Å². The Labute approximate surface area is 298 Å². The van der Waals surface area contributed by atoms with Crippen LogP contribution in [-0.2, 0) is 5.41 Å². The molecule has 7 aromatic carbocycles. The molecule has 0 saturated heterocycles. The van der Waals surface area contributed by atoms with Gasteiger partial charge in [-0.3, -0.25) is 0 Å². The molecule has 8 aromatic rings. The number of benzene rings is 7. The summed E-state index contributed by atoms with van der Waals surface area (Å²) in [6, 6.07) is 57.7. The molecule has 51 heavy (non-hydrogen) atoms. The number of nitrogens with one attached hydrogen (secondary N) is 1. The number of anilines is 2. The minimum Gasteiger partial charge on any atom is -0.456 e. The van der Waals surface area contributed by atoms with Crippen molar-refractivity contribution in [1.29, 1.82) is 0 Å². The maximum Gasteiger partial charge on any atom is 0.137 e. The summed E-state index contributed by atoms with van der Waals surface area (Å²) in [5.41, 5.74) is 17.2. The highest BCUT2D eigenvalue weighted by Gasteiger charge is 2.56. The zero-order valence-electron chi connectivity index (χ0n) is 28.4. The fourth-order valence-electron chi connectivity index (χ4n) is 10.1. The summed E-state index contributed by atoms with van der Waals surface area (Å²) >= 11 is 0. The molecule has 1 N–H and O–H groups in total. The van der Waals surface area contributed by atoms with Gasteiger partial charge in [0.1, 0.15) is 11.2 Å². The number of fused-ring (bicyclic) bond motifs is 11. The highest BCUT2D eigenvalue weighted by Crippen LogP contribution is 2.66. The Kier molecular flexibility index (Phi) is 6.28. The Morgan fingerprint density at radius 1 is 0.471 bits per heavy atom. The molecule has 1 aromatic heterocycles. The van der Waals surface area contributed by atoms with Crippen LogP contribution in [-0.4, -0.2) is 0 Å². The average Bonchev–Trinajstić information content (AvgIpc) is 3.97. The predicted molar refractivity (Wildman–Crippen MR) is 211 cm³/mol. The molecule has 1 heterocycles. The molecule has 244 valence electrons. The fourth-order valence-corrected chi connectivity index (χ4v) is 10.1. The van der Waals surface area contributed by atoms with Gasteiger partial charge in [-0.2, -0.15) is 0 Å². The van der Waals surface area contributed by atoms with Gasteiger partial charge in [-0.15, -0.1) is 0 Å². The van der Waals surface area contributed by atoms with Crippen molar-refractivity contribution in [3.8, 4) is 44.5 Å². The molecule has 2 saturated carbocycles. The molecule has 0 aliphatic heterocycles.